The van der Waals surface area contributed by atoms with Crippen molar-refractivity contribution in [1.29, 1.82) is 0 Å². The van der Waals surface area contributed by atoms with Gasteiger partial charge in [-0.1, -0.05) is 18.2 Å². The minimum Gasteiger partial charge on any atom is -0.398 e. The van der Waals surface area contributed by atoms with E-state index < -0.39 is 10.0 Å². The molecule has 0 aliphatic heterocycles. The molecule has 0 atom stereocenters. The second-order valence-electron chi connectivity index (χ2n) is 4.13. The van der Waals surface area contributed by atoms with Crippen LogP contribution in [0.3, 0.4) is 0 Å². The zero-order valence-corrected chi connectivity index (χ0v) is 11.1. The average Bonchev–Trinajstić information content (AvgIpc) is 2.40. The van der Waals surface area contributed by atoms with Crippen LogP contribution in [0.2, 0.25) is 0 Å². The predicted octanol–water partition coefficient (Wildman–Crippen LogP) is 1.28. The monoisotopic (exact) mass is 277 g/mol. The van der Waals surface area contributed by atoms with Gasteiger partial charge in [0.05, 0.1) is 5.75 Å². The highest BCUT2D eigenvalue weighted by molar-refractivity contribution is 7.88. The van der Waals surface area contributed by atoms with E-state index >= 15 is 0 Å². The Kier molecular flexibility index (Phi) is 4.13. The molecule has 0 saturated heterocycles. The van der Waals surface area contributed by atoms with E-state index in [-0.39, 0.29) is 12.3 Å². The maximum absolute atomic E-state index is 11.9. The highest BCUT2D eigenvalue weighted by atomic mass is 32.2. The smallest absolute Gasteiger partial charge is 0.216 e. The Morgan fingerprint density at radius 1 is 1.11 bits per heavy atom. The number of benzene rings is 1. The highest BCUT2D eigenvalue weighted by Gasteiger charge is 2.12. The molecule has 1 aromatic carbocycles. The summed E-state index contributed by atoms with van der Waals surface area (Å²) in [5, 5.41) is 0. The summed E-state index contributed by atoms with van der Waals surface area (Å²) in [6.45, 7) is 0.248. The summed E-state index contributed by atoms with van der Waals surface area (Å²) in [6, 6.07) is 10.5. The van der Waals surface area contributed by atoms with Crippen LogP contribution in [0.15, 0.2) is 48.8 Å². The lowest BCUT2D eigenvalue weighted by molar-refractivity contribution is 0.580. The number of pyridine rings is 1. The third-order valence-corrected chi connectivity index (χ3v) is 3.92. The number of rotatable bonds is 5. The first kappa shape index (κ1) is 13.5. The van der Waals surface area contributed by atoms with Crippen molar-refractivity contribution >= 4 is 15.7 Å². The molecule has 0 bridgehead atoms. The van der Waals surface area contributed by atoms with Gasteiger partial charge in [-0.15, -0.1) is 0 Å². The van der Waals surface area contributed by atoms with Crippen LogP contribution in [-0.4, -0.2) is 13.4 Å². The molecule has 19 heavy (non-hydrogen) atoms. The molecule has 1 heterocycles. The van der Waals surface area contributed by atoms with Crippen LogP contribution in [0.25, 0.3) is 0 Å². The normalized spacial score (nSPS) is 11.4. The average molecular weight is 277 g/mol. The molecule has 0 radical (unpaired) electrons. The Labute approximate surface area is 112 Å². The standard InChI is InChI=1S/C13H15N3O2S/c14-13-4-2-1-3-12(13)10-19(17,18)16-9-11-5-7-15-8-6-11/h1-8,16H,9-10,14H2. The fourth-order valence-corrected chi connectivity index (χ4v) is 2.78. The third kappa shape index (κ3) is 4.04. The maximum Gasteiger partial charge on any atom is 0.216 e. The van der Waals surface area contributed by atoms with Crippen molar-refractivity contribution in [1.82, 2.24) is 9.71 Å². The number of aromatic nitrogens is 1. The van der Waals surface area contributed by atoms with Crippen LogP contribution in [0.1, 0.15) is 11.1 Å². The zero-order chi connectivity index (χ0) is 13.7. The SMILES string of the molecule is Nc1ccccc1CS(=O)(=O)NCc1ccncc1. The van der Waals surface area contributed by atoms with E-state index in [0.29, 0.717) is 11.3 Å². The van der Waals surface area contributed by atoms with Crippen molar-refractivity contribution in [2.75, 3.05) is 5.73 Å². The largest absolute Gasteiger partial charge is 0.398 e. The highest BCUT2D eigenvalue weighted by Crippen LogP contribution is 2.13. The number of nitrogens with zero attached hydrogens (tertiary/aromatic N) is 1. The molecular weight excluding hydrogens is 262 g/mol. The van der Waals surface area contributed by atoms with Crippen molar-refractivity contribution in [3.8, 4) is 0 Å². The van der Waals surface area contributed by atoms with Crippen molar-refractivity contribution in [3.63, 3.8) is 0 Å². The second-order valence-corrected chi connectivity index (χ2v) is 5.94. The topological polar surface area (TPSA) is 85.1 Å². The van der Waals surface area contributed by atoms with Gasteiger partial charge in [0.15, 0.2) is 0 Å². The summed E-state index contributed by atoms with van der Waals surface area (Å²) in [5.41, 5.74) is 7.68. The molecular formula is C13H15N3O2S. The van der Waals surface area contributed by atoms with Crippen LogP contribution >= 0.6 is 0 Å². The lowest BCUT2D eigenvalue weighted by atomic mass is 10.2. The van der Waals surface area contributed by atoms with Gasteiger partial charge in [0.1, 0.15) is 0 Å². The van der Waals surface area contributed by atoms with Gasteiger partial charge in [-0.3, -0.25) is 4.98 Å². The number of nitrogens with one attached hydrogen (secondary N) is 1. The van der Waals surface area contributed by atoms with Gasteiger partial charge < -0.3 is 5.73 Å². The first-order chi connectivity index (χ1) is 9.07. The van der Waals surface area contributed by atoms with Gasteiger partial charge >= 0.3 is 0 Å². The van der Waals surface area contributed by atoms with E-state index in [1.807, 2.05) is 0 Å². The molecule has 5 nitrogen and oxygen atoms in total. The Bertz CT molecular complexity index is 642. The van der Waals surface area contributed by atoms with Crippen molar-refractivity contribution in [2.24, 2.45) is 0 Å². The molecule has 0 amide bonds. The Morgan fingerprint density at radius 3 is 2.47 bits per heavy atom. The molecule has 0 saturated carbocycles. The minimum atomic E-state index is -3.41. The molecule has 0 unspecified atom stereocenters. The lowest BCUT2D eigenvalue weighted by Crippen LogP contribution is -2.25. The Balaban J connectivity index is 2.02. The summed E-state index contributed by atoms with van der Waals surface area (Å²) >= 11 is 0. The molecule has 1 aromatic heterocycles. The number of anilines is 1. The van der Waals surface area contributed by atoms with Crippen LogP contribution in [0.4, 0.5) is 5.69 Å². The summed E-state index contributed by atoms with van der Waals surface area (Å²) in [4.78, 5) is 3.88. The quantitative estimate of drug-likeness (QED) is 0.806. The van der Waals surface area contributed by atoms with Crippen LogP contribution < -0.4 is 10.5 Å². The van der Waals surface area contributed by atoms with E-state index in [2.05, 4.69) is 9.71 Å². The number of hydrogen-bond acceptors (Lipinski definition) is 4. The molecule has 0 aliphatic carbocycles. The molecule has 3 N–H and O–H groups in total. The van der Waals surface area contributed by atoms with Crippen molar-refractivity contribution in [2.45, 2.75) is 12.3 Å². The lowest BCUT2D eigenvalue weighted by Gasteiger charge is -2.08. The fraction of sp³-hybridized carbons (Fsp3) is 0.154. The van der Waals surface area contributed by atoms with Gasteiger partial charge in [0.25, 0.3) is 0 Å². The van der Waals surface area contributed by atoms with E-state index in [9.17, 15) is 8.42 Å². The summed E-state index contributed by atoms with van der Waals surface area (Å²) in [7, 11) is -3.41. The second kappa shape index (κ2) is 5.81. The number of para-hydroxylation sites is 1. The molecule has 2 aromatic rings. The molecule has 0 spiro atoms. The van der Waals surface area contributed by atoms with Gasteiger partial charge in [-0.05, 0) is 29.3 Å². The Morgan fingerprint density at radius 2 is 1.79 bits per heavy atom. The predicted molar refractivity (Wildman–Crippen MR) is 74.6 cm³/mol. The number of hydrogen-bond donors (Lipinski definition) is 2. The van der Waals surface area contributed by atoms with Gasteiger partial charge in [0, 0.05) is 24.6 Å². The fourth-order valence-electron chi connectivity index (χ4n) is 1.62. The zero-order valence-electron chi connectivity index (χ0n) is 10.3. The van der Waals surface area contributed by atoms with Crippen molar-refractivity contribution < 1.29 is 8.42 Å². The molecule has 100 valence electrons. The number of nitrogens with two attached hydrogens (primary N) is 1. The summed E-state index contributed by atoms with van der Waals surface area (Å²) in [6.07, 6.45) is 3.25. The van der Waals surface area contributed by atoms with Gasteiger partial charge in [0.2, 0.25) is 10.0 Å². The summed E-state index contributed by atoms with van der Waals surface area (Å²) in [5.74, 6) is -0.120. The molecule has 0 fully saturated rings. The number of sulfonamides is 1. The maximum atomic E-state index is 11.9. The minimum absolute atomic E-state index is 0.120. The molecule has 6 heteroatoms. The van der Waals surface area contributed by atoms with E-state index in [1.54, 1.807) is 48.8 Å². The molecule has 0 aliphatic rings. The van der Waals surface area contributed by atoms with Crippen LogP contribution in [-0.2, 0) is 22.3 Å². The van der Waals surface area contributed by atoms with E-state index in [1.165, 1.54) is 0 Å². The Hall–Kier alpha value is -1.92. The third-order valence-electron chi connectivity index (χ3n) is 2.65. The summed E-state index contributed by atoms with van der Waals surface area (Å²) < 4.78 is 26.4. The van der Waals surface area contributed by atoms with E-state index in [4.69, 9.17) is 5.73 Å². The van der Waals surface area contributed by atoms with Crippen LogP contribution in [0.5, 0.6) is 0 Å². The van der Waals surface area contributed by atoms with Gasteiger partial charge in [-0.25, -0.2) is 13.1 Å². The van der Waals surface area contributed by atoms with Crippen LogP contribution in [0, 0.1) is 0 Å². The van der Waals surface area contributed by atoms with Crippen molar-refractivity contribution in [3.05, 3.63) is 59.9 Å². The molecule has 2 rings (SSSR count). The first-order valence-corrected chi connectivity index (χ1v) is 7.42. The van der Waals surface area contributed by atoms with E-state index in [0.717, 1.165) is 5.56 Å². The van der Waals surface area contributed by atoms with Gasteiger partial charge in [-0.2, -0.15) is 0 Å². The first-order valence-electron chi connectivity index (χ1n) is 5.76. The number of nitrogen functional groups attached to an aromatic ring is 1.